The zero-order valence-electron chi connectivity index (χ0n) is 16.7. The van der Waals surface area contributed by atoms with E-state index in [4.69, 9.17) is 5.11 Å². The third-order valence-electron chi connectivity index (χ3n) is 5.16. The molecule has 1 aromatic carbocycles. The normalized spacial score (nSPS) is 14.9. The van der Waals surface area contributed by atoms with Gasteiger partial charge in [-0.2, -0.15) is 0 Å². The lowest BCUT2D eigenvalue weighted by atomic mass is 9.88. The third-order valence-corrected chi connectivity index (χ3v) is 5.16. The van der Waals surface area contributed by atoms with Crippen molar-refractivity contribution in [1.82, 2.24) is 19.9 Å². The van der Waals surface area contributed by atoms with Gasteiger partial charge in [-0.25, -0.2) is 9.48 Å². The Morgan fingerprint density at radius 2 is 1.79 bits per heavy atom. The predicted molar refractivity (Wildman–Crippen MR) is 106 cm³/mol. The van der Waals surface area contributed by atoms with Gasteiger partial charge in [0, 0.05) is 24.6 Å². The van der Waals surface area contributed by atoms with Crippen molar-refractivity contribution in [1.29, 1.82) is 0 Å². The molecule has 1 N–H and O–H groups in total. The van der Waals surface area contributed by atoms with E-state index in [0.717, 1.165) is 12.0 Å². The second kappa shape index (κ2) is 8.98. The first-order valence-corrected chi connectivity index (χ1v) is 9.88. The van der Waals surface area contributed by atoms with Crippen LogP contribution in [0.15, 0.2) is 30.5 Å². The van der Waals surface area contributed by atoms with Crippen molar-refractivity contribution >= 4 is 17.7 Å². The molecule has 0 bridgehead atoms. The summed E-state index contributed by atoms with van der Waals surface area (Å²) in [6.45, 7) is 5.28. The number of carboxylic acids is 1. The van der Waals surface area contributed by atoms with Gasteiger partial charge in [0.05, 0.1) is 6.20 Å². The zero-order valence-corrected chi connectivity index (χ0v) is 16.7. The van der Waals surface area contributed by atoms with E-state index in [1.807, 2.05) is 24.3 Å². The minimum Gasteiger partial charge on any atom is -0.476 e. The number of piperidine rings is 1. The summed E-state index contributed by atoms with van der Waals surface area (Å²) in [6.07, 6.45) is 3.47. The minimum atomic E-state index is -1.18. The maximum Gasteiger partial charge on any atom is 0.358 e. The van der Waals surface area contributed by atoms with Crippen LogP contribution in [0, 0.1) is 11.8 Å². The van der Waals surface area contributed by atoms with E-state index in [0.29, 0.717) is 31.8 Å². The fourth-order valence-electron chi connectivity index (χ4n) is 3.62. The summed E-state index contributed by atoms with van der Waals surface area (Å²) in [6, 6.07) is 7.86. The lowest BCUT2D eigenvalue weighted by Crippen LogP contribution is -2.41. The van der Waals surface area contributed by atoms with E-state index < -0.39 is 5.97 Å². The van der Waals surface area contributed by atoms with Gasteiger partial charge in [0.25, 0.3) is 0 Å². The highest BCUT2D eigenvalue weighted by atomic mass is 16.4. The van der Waals surface area contributed by atoms with Gasteiger partial charge in [-0.15, -0.1) is 5.10 Å². The Labute approximate surface area is 169 Å². The second-order valence-corrected chi connectivity index (χ2v) is 7.92. The maximum absolute atomic E-state index is 12.8. The van der Waals surface area contributed by atoms with Gasteiger partial charge < -0.3 is 10.0 Å². The molecule has 154 valence electrons. The monoisotopic (exact) mass is 398 g/mol. The molecule has 0 spiro atoms. The van der Waals surface area contributed by atoms with Crippen LogP contribution >= 0.6 is 0 Å². The quantitative estimate of drug-likeness (QED) is 0.718. The maximum atomic E-state index is 12.8. The fourth-order valence-corrected chi connectivity index (χ4v) is 3.62. The SMILES string of the molecule is CC(C)Cc1ccc(C(=O)C2CCN(C(=O)Cn3cc(C(=O)O)nn3)CC2)cc1. The number of likely N-dealkylation sites (tertiary alicyclic amines) is 1. The van der Waals surface area contributed by atoms with Crippen LogP contribution in [0.25, 0.3) is 0 Å². The predicted octanol–water partition coefficient (Wildman–Crippen LogP) is 2.30. The lowest BCUT2D eigenvalue weighted by Gasteiger charge is -2.31. The first-order valence-electron chi connectivity index (χ1n) is 9.88. The summed E-state index contributed by atoms with van der Waals surface area (Å²) in [5.41, 5.74) is 1.77. The molecular weight excluding hydrogens is 372 g/mol. The van der Waals surface area contributed by atoms with Crippen LogP contribution in [0.5, 0.6) is 0 Å². The van der Waals surface area contributed by atoms with Gasteiger partial charge in [0.1, 0.15) is 6.54 Å². The fraction of sp³-hybridized carbons (Fsp3) is 0.476. The molecule has 0 unspecified atom stereocenters. The number of carbonyl (C=O) groups excluding carboxylic acids is 2. The van der Waals surface area contributed by atoms with E-state index >= 15 is 0 Å². The molecule has 3 rings (SSSR count). The van der Waals surface area contributed by atoms with Gasteiger partial charge in [-0.05, 0) is 30.7 Å². The van der Waals surface area contributed by atoms with Crippen molar-refractivity contribution in [2.24, 2.45) is 11.8 Å². The van der Waals surface area contributed by atoms with Gasteiger partial charge in [0.2, 0.25) is 5.91 Å². The van der Waals surface area contributed by atoms with Gasteiger partial charge in [-0.3, -0.25) is 9.59 Å². The highest BCUT2D eigenvalue weighted by Gasteiger charge is 2.28. The van der Waals surface area contributed by atoms with Crippen LogP contribution in [0.1, 0.15) is 53.1 Å². The largest absolute Gasteiger partial charge is 0.476 e. The minimum absolute atomic E-state index is 0.0593. The number of carbonyl (C=O) groups is 3. The van der Waals surface area contributed by atoms with Crippen LogP contribution in [0.3, 0.4) is 0 Å². The number of hydrogen-bond donors (Lipinski definition) is 1. The molecule has 0 saturated carbocycles. The van der Waals surface area contributed by atoms with Crippen LogP contribution in [-0.4, -0.2) is 55.7 Å². The van der Waals surface area contributed by atoms with Crippen molar-refractivity contribution in [3.8, 4) is 0 Å². The molecule has 2 heterocycles. The lowest BCUT2D eigenvalue weighted by molar-refractivity contribution is -0.133. The summed E-state index contributed by atoms with van der Waals surface area (Å²) < 4.78 is 1.22. The van der Waals surface area contributed by atoms with E-state index in [1.165, 1.54) is 16.4 Å². The number of aromatic carboxylic acids is 1. The molecule has 1 aliphatic heterocycles. The summed E-state index contributed by atoms with van der Waals surface area (Å²) in [4.78, 5) is 37.7. The number of aromatic nitrogens is 3. The Morgan fingerprint density at radius 3 is 2.34 bits per heavy atom. The number of benzene rings is 1. The Hall–Kier alpha value is -3.03. The molecule has 1 amide bonds. The van der Waals surface area contributed by atoms with Gasteiger partial charge >= 0.3 is 5.97 Å². The molecule has 1 saturated heterocycles. The molecule has 1 aromatic heterocycles. The average Bonchev–Trinajstić information content (AvgIpc) is 3.16. The average molecular weight is 398 g/mol. The van der Waals surface area contributed by atoms with Crippen molar-refractivity contribution < 1.29 is 19.5 Å². The highest BCUT2D eigenvalue weighted by Crippen LogP contribution is 2.23. The van der Waals surface area contributed by atoms with Crippen LogP contribution in [0.2, 0.25) is 0 Å². The number of rotatable bonds is 7. The third kappa shape index (κ3) is 5.28. The van der Waals surface area contributed by atoms with Crippen LogP contribution < -0.4 is 0 Å². The zero-order chi connectivity index (χ0) is 21.0. The molecule has 2 aromatic rings. The molecule has 1 fully saturated rings. The summed E-state index contributed by atoms with van der Waals surface area (Å²) in [7, 11) is 0. The van der Waals surface area contributed by atoms with E-state index in [-0.39, 0.29) is 29.8 Å². The number of Topliss-reactive ketones (excluding diaryl/α,β-unsaturated/α-hetero) is 1. The number of amides is 1. The van der Waals surface area contributed by atoms with Crippen molar-refractivity contribution in [2.45, 2.75) is 39.7 Å². The molecule has 0 aliphatic carbocycles. The summed E-state index contributed by atoms with van der Waals surface area (Å²) >= 11 is 0. The molecular formula is C21H26N4O4. The van der Waals surface area contributed by atoms with E-state index in [1.54, 1.807) is 4.90 Å². The topological polar surface area (TPSA) is 105 Å². The molecule has 0 atom stereocenters. The highest BCUT2D eigenvalue weighted by molar-refractivity contribution is 5.98. The molecule has 1 aliphatic rings. The Balaban J connectivity index is 1.52. The molecule has 0 radical (unpaired) electrons. The molecule has 8 nitrogen and oxygen atoms in total. The second-order valence-electron chi connectivity index (χ2n) is 7.92. The number of hydrogen-bond acceptors (Lipinski definition) is 5. The Bertz CT molecular complexity index is 880. The summed E-state index contributed by atoms with van der Waals surface area (Å²) in [5, 5.41) is 16.0. The van der Waals surface area contributed by atoms with E-state index in [2.05, 4.69) is 24.2 Å². The number of nitrogens with zero attached hydrogens (tertiary/aromatic N) is 4. The smallest absolute Gasteiger partial charge is 0.358 e. The number of ketones is 1. The van der Waals surface area contributed by atoms with Crippen molar-refractivity contribution in [3.63, 3.8) is 0 Å². The van der Waals surface area contributed by atoms with Gasteiger partial charge in [-0.1, -0.05) is 43.3 Å². The van der Waals surface area contributed by atoms with E-state index in [9.17, 15) is 14.4 Å². The Kier molecular flexibility index (Phi) is 6.41. The first kappa shape index (κ1) is 20.7. The molecule has 29 heavy (non-hydrogen) atoms. The standard InChI is InChI=1S/C21H26N4O4/c1-14(2)11-15-3-5-16(6-4-15)20(27)17-7-9-24(10-8-17)19(26)13-25-12-18(21(28)29)22-23-25/h3-6,12,14,17H,7-11,13H2,1-2H3,(H,28,29). The number of carboxylic acid groups (broad SMARTS) is 1. The Morgan fingerprint density at radius 1 is 1.14 bits per heavy atom. The van der Waals surface area contributed by atoms with Crippen molar-refractivity contribution in [3.05, 3.63) is 47.3 Å². The van der Waals surface area contributed by atoms with Gasteiger partial charge in [0.15, 0.2) is 11.5 Å². The van der Waals surface area contributed by atoms with Crippen molar-refractivity contribution in [2.75, 3.05) is 13.1 Å². The summed E-state index contributed by atoms with van der Waals surface area (Å²) in [5.74, 6) is -0.710. The van der Waals surface area contributed by atoms with Crippen LogP contribution in [-0.2, 0) is 17.8 Å². The molecule has 8 heteroatoms. The first-order chi connectivity index (χ1) is 13.8. The van der Waals surface area contributed by atoms with Crippen LogP contribution in [0.4, 0.5) is 0 Å².